The third-order valence-electron chi connectivity index (χ3n) is 6.14. The van der Waals surface area contributed by atoms with E-state index in [-0.39, 0.29) is 0 Å². The van der Waals surface area contributed by atoms with Crippen LogP contribution in [-0.4, -0.2) is 18.3 Å². The number of benzene rings is 3. The van der Waals surface area contributed by atoms with E-state index in [4.69, 9.17) is 13.7 Å². The van der Waals surface area contributed by atoms with Crippen molar-refractivity contribution in [2.45, 2.75) is 38.9 Å². The van der Waals surface area contributed by atoms with Crippen molar-refractivity contribution in [2.75, 3.05) is 0 Å². The molecule has 5 rings (SSSR count). The number of rotatable bonds is 2. The first-order valence-electron chi connectivity index (χ1n) is 9.73. The fraction of sp³-hybridized carbons (Fsp3) is 0.250. The molecule has 3 aromatic carbocycles. The highest BCUT2D eigenvalue weighted by Gasteiger charge is 2.53. The second-order valence-electron chi connectivity index (χ2n) is 8.46. The van der Waals surface area contributed by atoms with Crippen LogP contribution in [0.3, 0.4) is 0 Å². The third-order valence-corrected chi connectivity index (χ3v) is 6.14. The van der Waals surface area contributed by atoms with Gasteiger partial charge in [0.25, 0.3) is 0 Å². The van der Waals surface area contributed by atoms with Crippen molar-refractivity contribution in [3.8, 4) is 11.3 Å². The summed E-state index contributed by atoms with van der Waals surface area (Å²) in [6, 6.07) is 22.7. The average molecular weight is 370 g/mol. The van der Waals surface area contributed by atoms with Crippen LogP contribution < -0.4 is 5.46 Å². The van der Waals surface area contributed by atoms with Crippen LogP contribution in [0.1, 0.15) is 27.7 Å². The van der Waals surface area contributed by atoms with E-state index in [1.54, 1.807) is 0 Å². The van der Waals surface area contributed by atoms with Gasteiger partial charge in [0.05, 0.1) is 11.2 Å². The van der Waals surface area contributed by atoms with Crippen molar-refractivity contribution in [3.63, 3.8) is 0 Å². The van der Waals surface area contributed by atoms with E-state index in [1.165, 1.54) is 0 Å². The Morgan fingerprint density at radius 3 is 2.04 bits per heavy atom. The zero-order valence-corrected chi connectivity index (χ0v) is 16.7. The standard InChI is InChI=1S/C24H23BO3/c1-23(2)24(3,4)28-25(27-23)20-19-15-14-16-10-8-9-13-18(16)22(19)26-21(20)17-11-6-5-7-12-17/h5-15H,1-4H3. The van der Waals surface area contributed by atoms with Crippen molar-refractivity contribution in [2.24, 2.45) is 0 Å². The highest BCUT2D eigenvalue weighted by atomic mass is 16.7. The average Bonchev–Trinajstić information content (AvgIpc) is 3.17. The minimum Gasteiger partial charge on any atom is -0.456 e. The van der Waals surface area contributed by atoms with Gasteiger partial charge in [-0.25, -0.2) is 0 Å². The Morgan fingerprint density at radius 2 is 1.32 bits per heavy atom. The third kappa shape index (κ3) is 2.52. The van der Waals surface area contributed by atoms with Crippen LogP contribution in [-0.2, 0) is 9.31 Å². The lowest BCUT2D eigenvalue weighted by Crippen LogP contribution is -2.41. The number of hydrogen-bond acceptors (Lipinski definition) is 3. The van der Waals surface area contributed by atoms with Gasteiger partial charge >= 0.3 is 7.12 Å². The van der Waals surface area contributed by atoms with Crippen molar-refractivity contribution in [1.82, 2.24) is 0 Å². The SMILES string of the molecule is CC1(C)OB(c2c(-c3ccccc3)oc3c2ccc2ccccc23)OC1(C)C. The summed E-state index contributed by atoms with van der Waals surface area (Å²) in [6.07, 6.45) is 0. The summed E-state index contributed by atoms with van der Waals surface area (Å²) in [4.78, 5) is 0. The second kappa shape index (κ2) is 5.97. The highest BCUT2D eigenvalue weighted by Crippen LogP contribution is 2.39. The molecule has 0 atom stereocenters. The fourth-order valence-corrected chi connectivity index (χ4v) is 3.84. The fourth-order valence-electron chi connectivity index (χ4n) is 3.84. The molecule has 28 heavy (non-hydrogen) atoms. The van der Waals surface area contributed by atoms with E-state index in [1.807, 2.05) is 30.3 Å². The summed E-state index contributed by atoms with van der Waals surface area (Å²) >= 11 is 0. The van der Waals surface area contributed by atoms with Gasteiger partial charge in [0, 0.05) is 21.8 Å². The number of fused-ring (bicyclic) bond motifs is 3. The molecule has 4 heteroatoms. The molecule has 1 aliphatic heterocycles. The topological polar surface area (TPSA) is 31.6 Å². The molecule has 0 amide bonds. The Morgan fingerprint density at radius 1 is 0.679 bits per heavy atom. The first-order valence-corrected chi connectivity index (χ1v) is 9.73. The lowest BCUT2D eigenvalue weighted by Gasteiger charge is -2.32. The van der Waals surface area contributed by atoms with Gasteiger partial charge in [-0.05, 0) is 33.1 Å². The molecule has 3 nitrogen and oxygen atoms in total. The van der Waals surface area contributed by atoms with Crippen LogP contribution in [0.4, 0.5) is 0 Å². The quantitative estimate of drug-likeness (QED) is 0.434. The van der Waals surface area contributed by atoms with Crippen LogP contribution in [0, 0.1) is 0 Å². The van der Waals surface area contributed by atoms with Crippen LogP contribution in [0.25, 0.3) is 33.1 Å². The van der Waals surface area contributed by atoms with Crippen LogP contribution >= 0.6 is 0 Å². The van der Waals surface area contributed by atoms with Gasteiger partial charge in [0.2, 0.25) is 0 Å². The Bertz CT molecular complexity index is 1160. The maximum atomic E-state index is 6.49. The van der Waals surface area contributed by atoms with E-state index < -0.39 is 18.3 Å². The van der Waals surface area contributed by atoms with Crippen molar-refractivity contribution in [1.29, 1.82) is 0 Å². The Balaban J connectivity index is 1.80. The largest absolute Gasteiger partial charge is 0.499 e. The lowest BCUT2D eigenvalue weighted by molar-refractivity contribution is 0.00578. The molecule has 4 aromatic rings. The van der Waals surface area contributed by atoms with E-state index in [2.05, 4.69) is 64.1 Å². The van der Waals surface area contributed by atoms with E-state index in [0.717, 1.165) is 38.5 Å². The Hall–Kier alpha value is -2.56. The Labute approximate surface area is 165 Å². The molecule has 0 spiro atoms. The molecular formula is C24H23BO3. The molecule has 1 aromatic heterocycles. The highest BCUT2D eigenvalue weighted by molar-refractivity contribution is 6.67. The molecule has 0 N–H and O–H groups in total. The molecule has 1 saturated heterocycles. The monoisotopic (exact) mass is 370 g/mol. The molecule has 2 heterocycles. The molecule has 140 valence electrons. The second-order valence-corrected chi connectivity index (χ2v) is 8.46. The summed E-state index contributed by atoms with van der Waals surface area (Å²) in [6.45, 7) is 8.31. The summed E-state index contributed by atoms with van der Waals surface area (Å²) in [5.41, 5.74) is 2.04. The molecule has 0 saturated carbocycles. The smallest absolute Gasteiger partial charge is 0.456 e. The molecule has 1 aliphatic rings. The minimum absolute atomic E-state index is 0.411. The first-order chi connectivity index (χ1) is 13.4. The predicted octanol–water partition coefficient (Wildman–Crippen LogP) is 5.55. The van der Waals surface area contributed by atoms with Crippen molar-refractivity contribution < 1.29 is 13.7 Å². The molecule has 0 unspecified atom stereocenters. The van der Waals surface area contributed by atoms with Gasteiger partial charge in [-0.15, -0.1) is 0 Å². The number of hydrogen-bond donors (Lipinski definition) is 0. The molecule has 0 aliphatic carbocycles. The van der Waals surface area contributed by atoms with E-state index in [9.17, 15) is 0 Å². The van der Waals surface area contributed by atoms with Crippen LogP contribution in [0.15, 0.2) is 71.1 Å². The van der Waals surface area contributed by atoms with Gasteiger partial charge in [-0.1, -0.05) is 66.7 Å². The van der Waals surface area contributed by atoms with Gasteiger partial charge in [0.15, 0.2) is 0 Å². The van der Waals surface area contributed by atoms with E-state index >= 15 is 0 Å². The molecule has 0 radical (unpaired) electrons. The zero-order chi connectivity index (χ0) is 19.5. The summed E-state index contributed by atoms with van der Waals surface area (Å²) in [5.74, 6) is 0.811. The summed E-state index contributed by atoms with van der Waals surface area (Å²) < 4.78 is 19.3. The normalized spacial score (nSPS) is 18.2. The van der Waals surface area contributed by atoms with Gasteiger partial charge in [0.1, 0.15) is 11.3 Å². The van der Waals surface area contributed by atoms with Gasteiger partial charge < -0.3 is 13.7 Å². The Kier molecular flexibility index (Phi) is 3.74. The van der Waals surface area contributed by atoms with Gasteiger partial charge in [-0.3, -0.25) is 0 Å². The summed E-state index contributed by atoms with van der Waals surface area (Å²) in [7, 11) is -0.484. The van der Waals surface area contributed by atoms with Gasteiger partial charge in [-0.2, -0.15) is 0 Å². The summed E-state index contributed by atoms with van der Waals surface area (Å²) in [5, 5.41) is 3.29. The van der Waals surface area contributed by atoms with Crippen molar-refractivity contribution in [3.05, 3.63) is 66.7 Å². The number of furan rings is 1. The molecule has 0 bridgehead atoms. The maximum absolute atomic E-state index is 6.49. The lowest BCUT2D eigenvalue weighted by atomic mass is 9.75. The molecule has 1 fully saturated rings. The molecular weight excluding hydrogens is 347 g/mol. The minimum atomic E-state index is -0.484. The zero-order valence-electron chi connectivity index (χ0n) is 16.7. The van der Waals surface area contributed by atoms with Crippen LogP contribution in [0.2, 0.25) is 0 Å². The van der Waals surface area contributed by atoms with Crippen molar-refractivity contribution >= 4 is 34.3 Å². The van der Waals surface area contributed by atoms with E-state index in [0.29, 0.717) is 0 Å². The first kappa shape index (κ1) is 17.5. The van der Waals surface area contributed by atoms with Crippen LogP contribution in [0.5, 0.6) is 0 Å². The maximum Gasteiger partial charge on any atom is 0.499 e. The predicted molar refractivity (Wildman–Crippen MR) is 115 cm³/mol.